The highest BCUT2D eigenvalue weighted by Gasteiger charge is 2.60. The van der Waals surface area contributed by atoms with E-state index < -0.39 is 11.4 Å². The van der Waals surface area contributed by atoms with Gasteiger partial charge in [-0.1, -0.05) is 34.1 Å². The molecule has 1 aromatic rings. The number of aliphatic carboxylic acids is 1. The van der Waals surface area contributed by atoms with Crippen LogP contribution in [0.5, 0.6) is 5.75 Å². The molecule has 136 valence electrons. The molecule has 0 amide bonds. The summed E-state index contributed by atoms with van der Waals surface area (Å²) in [4.78, 5) is 25.5. The van der Waals surface area contributed by atoms with Gasteiger partial charge in [0, 0.05) is 17.5 Å². The molecule has 2 aliphatic rings. The second kappa shape index (κ2) is 5.58. The lowest BCUT2D eigenvalue weighted by molar-refractivity contribution is -0.152. The van der Waals surface area contributed by atoms with Gasteiger partial charge in [0.1, 0.15) is 11.2 Å². The zero-order chi connectivity index (χ0) is 18.7. The fourth-order valence-electron chi connectivity index (χ4n) is 5.31. The molecule has 0 aliphatic heterocycles. The molecule has 2 atom stereocenters. The Morgan fingerprint density at radius 1 is 1.28 bits per heavy atom. The first-order valence-electron chi connectivity index (χ1n) is 9.17. The number of fused-ring (bicyclic) bond motifs is 3. The molecule has 1 unspecified atom stereocenters. The van der Waals surface area contributed by atoms with Crippen LogP contribution in [0.15, 0.2) is 6.07 Å². The van der Waals surface area contributed by atoms with Gasteiger partial charge in [0.05, 0.1) is 0 Å². The van der Waals surface area contributed by atoms with Crippen LogP contribution in [-0.2, 0) is 10.2 Å². The van der Waals surface area contributed by atoms with Crippen molar-refractivity contribution in [2.24, 2.45) is 11.3 Å². The first-order chi connectivity index (χ1) is 11.5. The van der Waals surface area contributed by atoms with Crippen molar-refractivity contribution in [3.63, 3.8) is 0 Å². The number of aromatic hydroxyl groups is 1. The van der Waals surface area contributed by atoms with Crippen LogP contribution in [0.3, 0.4) is 0 Å². The molecule has 0 aromatic heterocycles. The Balaban J connectivity index is 2.38. The molecule has 0 bridgehead atoms. The minimum Gasteiger partial charge on any atom is -0.507 e. The van der Waals surface area contributed by atoms with Crippen LogP contribution in [0.25, 0.3) is 0 Å². The van der Waals surface area contributed by atoms with E-state index in [0.717, 1.165) is 18.4 Å². The summed E-state index contributed by atoms with van der Waals surface area (Å²) >= 11 is 0. The largest absolute Gasteiger partial charge is 0.507 e. The van der Waals surface area contributed by atoms with Gasteiger partial charge in [-0.25, -0.2) is 0 Å². The second-order valence-corrected chi connectivity index (χ2v) is 8.82. The molecule has 0 radical (unpaired) electrons. The summed E-state index contributed by atoms with van der Waals surface area (Å²) in [7, 11) is 0. The van der Waals surface area contributed by atoms with Crippen LogP contribution in [0, 0.1) is 18.3 Å². The van der Waals surface area contributed by atoms with Gasteiger partial charge in [0.15, 0.2) is 5.78 Å². The zero-order valence-corrected chi connectivity index (χ0v) is 15.8. The van der Waals surface area contributed by atoms with E-state index in [9.17, 15) is 19.8 Å². The smallest absolute Gasteiger partial charge is 0.314 e. The Morgan fingerprint density at radius 3 is 2.48 bits per heavy atom. The van der Waals surface area contributed by atoms with Gasteiger partial charge in [0.25, 0.3) is 0 Å². The summed E-state index contributed by atoms with van der Waals surface area (Å²) in [5, 5.41) is 21.3. The quantitative estimate of drug-likeness (QED) is 0.825. The molecule has 4 heteroatoms. The molecule has 4 nitrogen and oxygen atoms in total. The number of carbonyl (C=O) groups is 2. The van der Waals surface area contributed by atoms with E-state index in [2.05, 4.69) is 13.8 Å². The fourth-order valence-corrected chi connectivity index (χ4v) is 5.31. The number of hydrogen-bond donors (Lipinski definition) is 2. The number of ketones is 1. The molecule has 1 saturated carbocycles. The predicted octanol–water partition coefficient (Wildman–Crippen LogP) is 4.56. The van der Waals surface area contributed by atoms with E-state index in [0.29, 0.717) is 23.1 Å². The van der Waals surface area contributed by atoms with Crippen LogP contribution in [-0.4, -0.2) is 22.0 Å². The van der Waals surface area contributed by atoms with Crippen molar-refractivity contribution in [2.75, 3.05) is 0 Å². The Bertz CT molecular complexity index is 760. The van der Waals surface area contributed by atoms with E-state index in [1.807, 2.05) is 26.8 Å². The Labute approximate surface area is 149 Å². The Hall–Kier alpha value is -1.84. The summed E-state index contributed by atoms with van der Waals surface area (Å²) in [6.07, 6.45) is 2.41. The van der Waals surface area contributed by atoms with Gasteiger partial charge in [-0.3, -0.25) is 9.59 Å². The molecular formula is C21H28O4. The average Bonchev–Trinajstić information content (AvgIpc) is 2.50. The molecule has 0 heterocycles. The van der Waals surface area contributed by atoms with Crippen LogP contribution in [0.4, 0.5) is 0 Å². The van der Waals surface area contributed by atoms with Crippen molar-refractivity contribution in [3.05, 3.63) is 28.3 Å². The topological polar surface area (TPSA) is 74.6 Å². The van der Waals surface area contributed by atoms with Crippen LogP contribution < -0.4 is 0 Å². The third-order valence-electron chi connectivity index (χ3n) is 6.66. The van der Waals surface area contributed by atoms with Crippen LogP contribution in [0.1, 0.15) is 86.3 Å². The van der Waals surface area contributed by atoms with E-state index in [4.69, 9.17) is 0 Å². The van der Waals surface area contributed by atoms with E-state index in [-0.39, 0.29) is 35.2 Å². The van der Waals surface area contributed by atoms with Gasteiger partial charge in [-0.15, -0.1) is 0 Å². The van der Waals surface area contributed by atoms with Crippen molar-refractivity contribution in [2.45, 2.75) is 71.6 Å². The molecule has 0 saturated heterocycles. The molecule has 3 rings (SSSR count). The minimum atomic E-state index is -1.17. The van der Waals surface area contributed by atoms with Crippen molar-refractivity contribution >= 4 is 11.8 Å². The zero-order valence-electron chi connectivity index (χ0n) is 15.8. The number of rotatable bonds is 2. The van der Waals surface area contributed by atoms with Gasteiger partial charge in [-0.05, 0) is 54.2 Å². The maximum atomic E-state index is 12.9. The lowest BCUT2D eigenvalue weighted by Crippen LogP contribution is -2.55. The molecular weight excluding hydrogens is 316 g/mol. The maximum absolute atomic E-state index is 12.9. The normalized spacial score (nSPS) is 27.8. The van der Waals surface area contributed by atoms with Crippen molar-refractivity contribution in [3.8, 4) is 5.75 Å². The van der Waals surface area contributed by atoms with Crippen LogP contribution >= 0.6 is 0 Å². The SMILES string of the molecule is Cc1c(C(C)C)cc2c(c1O)[C@@]1(C(=O)O)CCCC(C)(C)C1CC2=O. The standard InChI is InChI=1S/C21H28O4/c1-11(2)13-9-14-15(22)10-16-20(4,5)7-6-8-21(16,19(24)25)17(14)18(23)12(13)3/h9,11,16,23H,6-8,10H2,1-5H3,(H,24,25)/t16?,21-/m1/s1. The number of carboxylic acid groups (broad SMARTS) is 1. The van der Waals surface area contributed by atoms with Crippen molar-refractivity contribution in [1.82, 2.24) is 0 Å². The fraction of sp³-hybridized carbons (Fsp3) is 0.619. The van der Waals surface area contributed by atoms with Crippen molar-refractivity contribution in [1.29, 1.82) is 0 Å². The highest BCUT2D eigenvalue weighted by atomic mass is 16.4. The summed E-state index contributed by atoms with van der Waals surface area (Å²) < 4.78 is 0. The average molecular weight is 344 g/mol. The van der Waals surface area contributed by atoms with Crippen LogP contribution in [0.2, 0.25) is 0 Å². The van der Waals surface area contributed by atoms with E-state index in [1.54, 1.807) is 0 Å². The highest BCUT2D eigenvalue weighted by Crippen LogP contribution is 2.59. The minimum absolute atomic E-state index is 0.0133. The molecule has 2 aliphatic carbocycles. The van der Waals surface area contributed by atoms with Crippen molar-refractivity contribution < 1.29 is 19.8 Å². The van der Waals surface area contributed by atoms with E-state index in [1.165, 1.54) is 0 Å². The van der Waals surface area contributed by atoms with Gasteiger partial charge < -0.3 is 10.2 Å². The Morgan fingerprint density at radius 2 is 1.92 bits per heavy atom. The number of Topliss-reactive ketones (excluding diaryl/α,β-unsaturated/α-hetero) is 1. The molecule has 1 aromatic carbocycles. The highest BCUT2D eigenvalue weighted by molar-refractivity contribution is 6.04. The summed E-state index contributed by atoms with van der Waals surface area (Å²) in [6, 6.07) is 1.83. The number of phenols is 1. The molecule has 25 heavy (non-hydrogen) atoms. The first kappa shape index (κ1) is 18.0. The summed E-state index contributed by atoms with van der Waals surface area (Å²) in [5.41, 5.74) is 0.986. The maximum Gasteiger partial charge on any atom is 0.314 e. The third-order valence-corrected chi connectivity index (χ3v) is 6.66. The molecule has 2 N–H and O–H groups in total. The van der Waals surface area contributed by atoms with Gasteiger partial charge >= 0.3 is 5.97 Å². The summed E-state index contributed by atoms with van der Waals surface area (Å²) in [6.45, 7) is 9.96. The van der Waals surface area contributed by atoms with E-state index >= 15 is 0 Å². The number of phenolic OH excluding ortho intramolecular Hbond substituents is 1. The third kappa shape index (κ3) is 2.33. The second-order valence-electron chi connectivity index (χ2n) is 8.82. The number of carboxylic acids is 1. The van der Waals surface area contributed by atoms with Gasteiger partial charge in [-0.2, -0.15) is 0 Å². The Kier molecular flexibility index (Phi) is 4.01. The molecule has 1 fully saturated rings. The first-order valence-corrected chi connectivity index (χ1v) is 9.17. The lowest BCUT2D eigenvalue weighted by atomic mass is 9.49. The summed E-state index contributed by atoms with van der Waals surface area (Å²) in [5.74, 6) is -1.07. The number of benzene rings is 1. The molecule has 0 spiro atoms. The predicted molar refractivity (Wildman–Crippen MR) is 96.3 cm³/mol. The number of carbonyl (C=O) groups excluding carboxylic acids is 1. The number of hydrogen-bond acceptors (Lipinski definition) is 3. The van der Waals surface area contributed by atoms with Gasteiger partial charge in [0.2, 0.25) is 0 Å². The monoisotopic (exact) mass is 344 g/mol. The lowest BCUT2D eigenvalue weighted by Gasteiger charge is -2.53.